The molecule has 0 saturated carbocycles. The number of hydrogen-bond acceptors (Lipinski definition) is 5. The van der Waals surface area contributed by atoms with E-state index in [1.807, 2.05) is 0 Å². The summed E-state index contributed by atoms with van der Waals surface area (Å²) in [6.07, 6.45) is 1.50. The number of carboxylic acid groups (broad SMARTS) is 1. The van der Waals surface area contributed by atoms with Crippen LogP contribution in [0.25, 0.3) is 11.0 Å². The smallest absolute Gasteiger partial charge is 0.325 e. The van der Waals surface area contributed by atoms with Gasteiger partial charge in [0.1, 0.15) is 17.8 Å². The van der Waals surface area contributed by atoms with Gasteiger partial charge < -0.3 is 9.84 Å². The van der Waals surface area contributed by atoms with Crippen LogP contribution in [0.4, 0.5) is 0 Å². The molecule has 84 valence electrons. The quantitative estimate of drug-likeness (QED) is 0.799. The van der Waals surface area contributed by atoms with Crippen molar-refractivity contribution in [1.82, 2.24) is 19.7 Å². The third-order valence-electron chi connectivity index (χ3n) is 2.05. The highest BCUT2D eigenvalue weighted by Gasteiger charge is 2.13. The number of fused-ring (bicyclic) bond motifs is 1. The Bertz CT molecular complexity index is 549. The van der Waals surface area contributed by atoms with Gasteiger partial charge in [0, 0.05) is 0 Å². The Hall–Kier alpha value is -2.18. The second-order valence-electron chi connectivity index (χ2n) is 3.21. The van der Waals surface area contributed by atoms with Gasteiger partial charge in [-0.15, -0.1) is 0 Å². The third-order valence-corrected chi connectivity index (χ3v) is 2.05. The molecule has 2 aromatic heterocycles. The molecule has 0 spiro atoms. The van der Waals surface area contributed by atoms with Gasteiger partial charge in [0.2, 0.25) is 5.88 Å². The van der Waals surface area contributed by atoms with Crippen LogP contribution in [0.3, 0.4) is 0 Å². The minimum atomic E-state index is -0.972. The molecule has 0 unspecified atom stereocenters. The van der Waals surface area contributed by atoms with Crippen molar-refractivity contribution in [2.24, 2.45) is 0 Å². The lowest BCUT2D eigenvalue weighted by Gasteiger charge is -2.02. The molecule has 0 fully saturated rings. The van der Waals surface area contributed by atoms with Crippen LogP contribution < -0.4 is 4.74 Å². The summed E-state index contributed by atoms with van der Waals surface area (Å²) >= 11 is 0. The van der Waals surface area contributed by atoms with E-state index in [0.29, 0.717) is 22.7 Å². The van der Waals surface area contributed by atoms with Crippen molar-refractivity contribution in [3.8, 4) is 5.88 Å². The van der Waals surface area contributed by atoms with Crippen molar-refractivity contribution < 1.29 is 14.6 Å². The van der Waals surface area contributed by atoms with Gasteiger partial charge in [-0.25, -0.2) is 9.67 Å². The summed E-state index contributed by atoms with van der Waals surface area (Å²) in [5.74, 6) is -0.0594. The molecule has 7 nitrogen and oxygen atoms in total. The highest BCUT2D eigenvalue weighted by atomic mass is 16.5. The van der Waals surface area contributed by atoms with Gasteiger partial charge in [-0.2, -0.15) is 10.1 Å². The minimum absolute atomic E-state index is 0.233. The van der Waals surface area contributed by atoms with Crippen LogP contribution in [-0.2, 0) is 11.3 Å². The summed E-state index contributed by atoms with van der Waals surface area (Å²) in [6, 6.07) is 0. The molecule has 0 saturated heterocycles. The minimum Gasteiger partial charge on any atom is -0.480 e. The lowest BCUT2D eigenvalue weighted by atomic mass is 10.4. The molecule has 0 aliphatic heterocycles. The lowest BCUT2D eigenvalue weighted by Crippen LogP contribution is -2.10. The van der Waals surface area contributed by atoms with E-state index in [9.17, 15) is 4.79 Å². The summed E-state index contributed by atoms with van der Waals surface area (Å²) in [6.45, 7) is 1.48. The van der Waals surface area contributed by atoms with Crippen molar-refractivity contribution >= 4 is 17.0 Å². The first-order chi connectivity index (χ1) is 7.61. The Balaban J connectivity index is 2.62. The van der Waals surface area contributed by atoms with E-state index in [2.05, 4.69) is 15.1 Å². The van der Waals surface area contributed by atoms with Gasteiger partial charge in [-0.3, -0.25) is 4.79 Å². The fourth-order valence-electron chi connectivity index (χ4n) is 1.43. The standard InChI is InChI=1S/C9H10N4O3/c1-5-11-8-6(9(12-5)16-2)3-10-13(8)4-7(14)15/h3H,4H2,1-2H3,(H,14,15). The second kappa shape index (κ2) is 3.76. The maximum atomic E-state index is 10.6. The normalized spacial score (nSPS) is 10.6. The summed E-state index contributed by atoms with van der Waals surface area (Å²) in [7, 11) is 1.50. The van der Waals surface area contributed by atoms with Crippen LogP contribution in [0.5, 0.6) is 5.88 Å². The first kappa shape index (κ1) is 10.3. The lowest BCUT2D eigenvalue weighted by molar-refractivity contribution is -0.137. The molecular weight excluding hydrogens is 212 g/mol. The highest BCUT2D eigenvalue weighted by molar-refractivity contribution is 5.81. The first-order valence-corrected chi connectivity index (χ1v) is 4.57. The van der Waals surface area contributed by atoms with Crippen molar-refractivity contribution in [1.29, 1.82) is 0 Å². The van der Waals surface area contributed by atoms with Gasteiger partial charge in [-0.1, -0.05) is 0 Å². The Morgan fingerprint density at radius 2 is 2.31 bits per heavy atom. The molecule has 0 atom stereocenters. The maximum Gasteiger partial charge on any atom is 0.325 e. The molecular formula is C9H10N4O3. The third kappa shape index (κ3) is 1.67. The molecule has 2 heterocycles. The number of aromatic nitrogens is 4. The molecule has 2 rings (SSSR count). The van der Waals surface area contributed by atoms with Gasteiger partial charge >= 0.3 is 5.97 Å². The summed E-state index contributed by atoms with van der Waals surface area (Å²) in [5, 5.41) is 13.2. The summed E-state index contributed by atoms with van der Waals surface area (Å²) in [5.41, 5.74) is 0.465. The predicted molar refractivity (Wildman–Crippen MR) is 54.2 cm³/mol. The largest absolute Gasteiger partial charge is 0.480 e. The number of ether oxygens (including phenoxy) is 1. The van der Waals surface area contributed by atoms with Gasteiger partial charge in [0.05, 0.1) is 13.3 Å². The van der Waals surface area contributed by atoms with Crippen molar-refractivity contribution in [2.45, 2.75) is 13.5 Å². The Labute approximate surface area is 90.7 Å². The van der Waals surface area contributed by atoms with Crippen LogP contribution in [0.2, 0.25) is 0 Å². The SMILES string of the molecule is COc1nc(C)nc2c1cnn2CC(=O)O. The van der Waals surface area contributed by atoms with Crippen LogP contribution in [0, 0.1) is 6.92 Å². The Morgan fingerprint density at radius 1 is 1.56 bits per heavy atom. The molecule has 7 heteroatoms. The molecule has 0 aromatic carbocycles. The number of carboxylic acids is 1. The zero-order chi connectivity index (χ0) is 11.7. The van der Waals surface area contributed by atoms with E-state index >= 15 is 0 Å². The average molecular weight is 222 g/mol. The van der Waals surface area contributed by atoms with Crippen molar-refractivity contribution in [2.75, 3.05) is 7.11 Å². The highest BCUT2D eigenvalue weighted by Crippen LogP contribution is 2.21. The molecule has 0 aliphatic carbocycles. The first-order valence-electron chi connectivity index (χ1n) is 4.57. The molecule has 0 amide bonds. The van der Waals surface area contributed by atoms with E-state index in [4.69, 9.17) is 9.84 Å². The number of hydrogen-bond donors (Lipinski definition) is 1. The van der Waals surface area contributed by atoms with E-state index in [1.54, 1.807) is 6.92 Å². The predicted octanol–water partition coefficient (Wildman–Crippen LogP) is 0.228. The zero-order valence-electron chi connectivity index (χ0n) is 8.84. The second-order valence-corrected chi connectivity index (χ2v) is 3.21. The fraction of sp³-hybridized carbons (Fsp3) is 0.333. The van der Waals surface area contributed by atoms with Crippen molar-refractivity contribution in [3.05, 3.63) is 12.0 Å². The number of rotatable bonds is 3. The maximum absolute atomic E-state index is 10.6. The van der Waals surface area contributed by atoms with Crippen LogP contribution >= 0.6 is 0 Å². The molecule has 0 bridgehead atoms. The van der Waals surface area contributed by atoms with Gasteiger partial charge in [0.25, 0.3) is 0 Å². The van der Waals surface area contributed by atoms with E-state index in [0.717, 1.165) is 0 Å². The van der Waals surface area contributed by atoms with Crippen LogP contribution in [0.1, 0.15) is 5.82 Å². The van der Waals surface area contributed by atoms with E-state index in [-0.39, 0.29) is 6.54 Å². The van der Waals surface area contributed by atoms with Gasteiger partial charge in [-0.05, 0) is 6.92 Å². The number of carbonyl (C=O) groups is 1. The molecule has 0 aliphatic rings. The molecule has 0 radical (unpaired) electrons. The Morgan fingerprint density at radius 3 is 2.94 bits per heavy atom. The zero-order valence-corrected chi connectivity index (χ0v) is 8.84. The number of aliphatic carboxylic acids is 1. The van der Waals surface area contributed by atoms with E-state index in [1.165, 1.54) is 18.0 Å². The van der Waals surface area contributed by atoms with E-state index < -0.39 is 5.97 Å². The summed E-state index contributed by atoms with van der Waals surface area (Å²) in [4.78, 5) is 18.8. The molecule has 16 heavy (non-hydrogen) atoms. The number of methoxy groups -OCH3 is 1. The topological polar surface area (TPSA) is 90.1 Å². The molecule has 2 aromatic rings. The monoisotopic (exact) mass is 222 g/mol. The number of aryl methyl sites for hydroxylation is 1. The summed E-state index contributed by atoms with van der Waals surface area (Å²) < 4.78 is 6.38. The average Bonchev–Trinajstić information content (AvgIpc) is 2.59. The molecule has 1 N–H and O–H groups in total. The van der Waals surface area contributed by atoms with Crippen LogP contribution in [-0.4, -0.2) is 37.9 Å². The number of nitrogens with zero attached hydrogens (tertiary/aromatic N) is 4. The Kier molecular flexibility index (Phi) is 2.43. The fourth-order valence-corrected chi connectivity index (χ4v) is 1.43. The van der Waals surface area contributed by atoms with Gasteiger partial charge in [0.15, 0.2) is 5.65 Å². The van der Waals surface area contributed by atoms with Crippen molar-refractivity contribution in [3.63, 3.8) is 0 Å². The van der Waals surface area contributed by atoms with Crippen LogP contribution in [0.15, 0.2) is 6.20 Å².